The molecule has 29 heavy (non-hydrogen) atoms. The molecule has 3 N–H and O–H groups in total. The van der Waals surface area contributed by atoms with E-state index in [9.17, 15) is 24.5 Å². The van der Waals surface area contributed by atoms with Crippen molar-refractivity contribution in [3.8, 4) is 0 Å². The third-order valence-electron chi connectivity index (χ3n) is 3.67. The first kappa shape index (κ1) is 21.3. The van der Waals surface area contributed by atoms with Gasteiger partial charge in [0.05, 0.1) is 4.92 Å². The molecule has 0 aliphatic carbocycles. The van der Waals surface area contributed by atoms with Crippen LogP contribution in [0.25, 0.3) is 6.08 Å². The molecule has 0 saturated carbocycles. The Morgan fingerprint density at radius 1 is 1.03 bits per heavy atom. The minimum atomic E-state index is -0.620. The minimum Gasteiger partial charge on any atom is -0.326 e. The van der Waals surface area contributed by atoms with E-state index in [1.807, 2.05) is 0 Å². The maximum absolute atomic E-state index is 12.6. The number of hydrogen-bond donors (Lipinski definition) is 3. The van der Waals surface area contributed by atoms with E-state index < -0.39 is 16.7 Å². The number of carbonyl (C=O) groups is 3. The average molecular weight is 396 g/mol. The number of hydrogen-bond acceptors (Lipinski definition) is 5. The van der Waals surface area contributed by atoms with E-state index in [0.717, 1.165) is 0 Å². The van der Waals surface area contributed by atoms with Gasteiger partial charge in [-0.2, -0.15) is 0 Å². The highest BCUT2D eigenvalue weighted by Gasteiger charge is 2.13. The van der Waals surface area contributed by atoms with Crippen molar-refractivity contribution in [3.63, 3.8) is 0 Å². The van der Waals surface area contributed by atoms with Crippen LogP contribution in [-0.2, 0) is 14.4 Å². The molecule has 9 heteroatoms. The van der Waals surface area contributed by atoms with E-state index in [1.54, 1.807) is 37.3 Å². The van der Waals surface area contributed by atoms with Crippen LogP contribution < -0.4 is 16.0 Å². The van der Waals surface area contributed by atoms with Crippen molar-refractivity contribution in [2.24, 2.45) is 0 Å². The van der Waals surface area contributed by atoms with E-state index in [-0.39, 0.29) is 17.3 Å². The predicted octanol–water partition coefficient (Wildman–Crippen LogP) is 3.06. The first-order valence-corrected chi connectivity index (χ1v) is 8.73. The van der Waals surface area contributed by atoms with Crippen LogP contribution in [0.2, 0.25) is 0 Å². The lowest BCUT2D eigenvalue weighted by molar-refractivity contribution is -0.384. The Morgan fingerprint density at radius 3 is 2.31 bits per heavy atom. The van der Waals surface area contributed by atoms with Gasteiger partial charge in [0.1, 0.15) is 5.70 Å². The molecule has 0 radical (unpaired) electrons. The predicted molar refractivity (Wildman–Crippen MR) is 109 cm³/mol. The SMILES string of the molecule is CCC(=O)Nc1cccc(NC(=O)/C(=C/c2cccc([N+](=O)[O-])c2)NC(C)=O)c1. The Labute approximate surface area is 167 Å². The Bertz CT molecular complexity index is 984. The number of carbonyl (C=O) groups excluding carboxylic acids is 3. The maximum Gasteiger partial charge on any atom is 0.272 e. The number of nitrogens with zero attached hydrogens (tertiary/aromatic N) is 1. The lowest BCUT2D eigenvalue weighted by atomic mass is 10.1. The molecule has 9 nitrogen and oxygen atoms in total. The summed E-state index contributed by atoms with van der Waals surface area (Å²) in [4.78, 5) is 46.0. The summed E-state index contributed by atoms with van der Waals surface area (Å²) in [6, 6.07) is 12.2. The fourth-order valence-electron chi connectivity index (χ4n) is 2.37. The van der Waals surface area contributed by atoms with Gasteiger partial charge in [0.15, 0.2) is 0 Å². The van der Waals surface area contributed by atoms with Gasteiger partial charge in [-0.1, -0.05) is 25.1 Å². The van der Waals surface area contributed by atoms with Crippen molar-refractivity contribution in [2.75, 3.05) is 10.6 Å². The molecule has 0 spiro atoms. The molecule has 0 unspecified atom stereocenters. The molecular formula is C20H20N4O5. The summed E-state index contributed by atoms with van der Waals surface area (Å²) in [5, 5.41) is 18.7. The zero-order valence-corrected chi connectivity index (χ0v) is 15.9. The molecule has 0 fully saturated rings. The third-order valence-corrected chi connectivity index (χ3v) is 3.67. The van der Waals surface area contributed by atoms with Gasteiger partial charge in [-0.15, -0.1) is 0 Å². The van der Waals surface area contributed by atoms with Crippen molar-refractivity contribution in [2.45, 2.75) is 20.3 Å². The van der Waals surface area contributed by atoms with Crippen molar-refractivity contribution in [1.82, 2.24) is 5.32 Å². The summed E-state index contributed by atoms with van der Waals surface area (Å²) in [5.41, 5.74) is 1.07. The second-order valence-electron chi connectivity index (χ2n) is 6.03. The first-order valence-electron chi connectivity index (χ1n) is 8.73. The Hall–Kier alpha value is -4.01. The minimum absolute atomic E-state index is 0.0824. The third kappa shape index (κ3) is 6.58. The fourth-order valence-corrected chi connectivity index (χ4v) is 2.37. The van der Waals surface area contributed by atoms with Gasteiger partial charge in [0.25, 0.3) is 11.6 Å². The quantitative estimate of drug-likeness (QED) is 0.376. The maximum atomic E-state index is 12.6. The summed E-state index contributed by atoms with van der Waals surface area (Å²) < 4.78 is 0. The topological polar surface area (TPSA) is 130 Å². The molecule has 0 heterocycles. The van der Waals surface area contributed by atoms with Gasteiger partial charge in [-0.25, -0.2) is 0 Å². The highest BCUT2D eigenvalue weighted by molar-refractivity contribution is 6.08. The second-order valence-corrected chi connectivity index (χ2v) is 6.03. The summed E-state index contributed by atoms with van der Waals surface area (Å²) in [6.45, 7) is 2.97. The number of benzene rings is 2. The average Bonchev–Trinajstić information content (AvgIpc) is 2.67. The number of nitrogens with one attached hydrogen (secondary N) is 3. The molecule has 150 valence electrons. The molecule has 0 atom stereocenters. The van der Waals surface area contributed by atoms with E-state index in [2.05, 4.69) is 16.0 Å². The zero-order valence-electron chi connectivity index (χ0n) is 15.9. The molecule has 3 amide bonds. The van der Waals surface area contributed by atoms with Gasteiger partial charge in [0.2, 0.25) is 11.8 Å². The summed E-state index contributed by atoms with van der Waals surface area (Å²) >= 11 is 0. The zero-order chi connectivity index (χ0) is 21.4. The number of nitro groups is 1. The molecule has 2 aromatic rings. The number of rotatable bonds is 7. The van der Waals surface area contributed by atoms with Gasteiger partial charge in [-0.3, -0.25) is 24.5 Å². The van der Waals surface area contributed by atoms with Crippen LogP contribution >= 0.6 is 0 Å². The molecule has 0 aliphatic heterocycles. The molecule has 0 aromatic heterocycles. The first-order chi connectivity index (χ1) is 13.8. The normalized spacial score (nSPS) is 10.8. The Balaban J connectivity index is 2.27. The van der Waals surface area contributed by atoms with Crippen molar-refractivity contribution >= 4 is 40.9 Å². The van der Waals surface area contributed by atoms with Crippen LogP contribution in [-0.4, -0.2) is 22.6 Å². The molecule has 0 aliphatic rings. The molecule has 2 rings (SSSR count). The highest BCUT2D eigenvalue weighted by Crippen LogP contribution is 2.18. The number of anilines is 2. The summed E-state index contributed by atoms with van der Waals surface area (Å²) in [6.07, 6.45) is 1.65. The summed E-state index contributed by atoms with van der Waals surface area (Å²) in [7, 11) is 0. The van der Waals surface area contributed by atoms with Crippen LogP contribution in [0, 0.1) is 10.1 Å². The van der Waals surface area contributed by atoms with Crippen LogP contribution in [0.5, 0.6) is 0 Å². The standard InChI is InChI=1S/C20H20N4O5/c1-3-19(26)22-15-7-5-8-16(12-15)23-20(27)18(21-13(2)25)11-14-6-4-9-17(10-14)24(28)29/h4-12H,3H2,1-2H3,(H,21,25)(H,22,26)(H,23,27)/b18-11-. The van der Waals surface area contributed by atoms with E-state index in [1.165, 1.54) is 31.2 Å². The number of nitro benzene ring substituents is 1. The van der Waals surface area contributed by atoms with E-state index in [0.29, 0.717) is 23.4 Å². The highest BCUT2D eigenvalue weighted by atomic mass is 16.6. The van der Waals surface area contributed by atoms with Gasteiger partial charge in [0, 0.05) is 36.9 Å². The van der Waals surface area contributed by atoms with Crippen molar-refractivity contribution in [3.05, 3.63) is 69.9 Å². The molecular weight excluding hydrogens is 376 g/mol. The lowest BCUT2D eigenvalue weighted by Gasteiger charge is -2.11. The van der Waals surface area contributed by atoms with Crippen molar-refractivity contribution in [1.29, 1.82) is 0 Å². The largest absolute Gasteiger partial charge is 0.326 e. The lowest BCUT2D eigenvalue weighted by Crippen LogP contribution is -2.29. The van der Waals surface area contributed by atoms with Crippen LogP contribution in [0.1, 0.15) is 25.8 Å². The van der Waals surface area contributed by atoms with E-state index in [4.69, 9.17) is 0 Å². The Kier molecular flexibility index (Phi) is 7.19. The van der Waals surface area contributed by atoms with E-state index >= 15 is 0 Å². The number of amides is 3. The van der Waals surface area contributed by atoms with Gasteiger partial charge in [-0.05, 0) is 29.8 Å². The number of non-ortho nitro benzene ring substituents is 1. The monoisotopic (exact) mass is 396 g/mol. The van der Waals surface area contributed by atoms with Crippen molar-refractivity contribution < 1.29 is 19.3 Å². The molecule has 0 bridgehead atoms. The summed E-state index contributed by atoms with van der Waals surface area (Å²) in [5.74, 6) is -1.26. The fraction of sp³-hybridized carbons (Fsp3) is 0.150. The second kappa shape index (κ2) is 9.79. The molecule has 2 aromatic carbocycles. The van der Waals surface area contributed by atoms with Crippen LogP contribution in [0.3, 0.4) is 0 Å². The molecule has 0 saturated heterocycles. The smallest absolute Gasteiger partial charge is 0.272 e. The van der Waals surface area contributed by atoms with Crippen LogP contribution in [0.15, 0.2) is 54.2 Å². The van der Waals surface area contributed by atoms with Gasteiger partial charge >= 0.3 is 0 Å². The Morgan fingerprint density at radius 2 is 1.69 bits per heavy atom. The van der Waals surface area contributed by atoms with Gasteiger partial charge < -0.3 is 16.0 Å². The van der Waals surface area contributed by atoms with Crippen LogP contribution in [0.4, 0.5) is 17.1 Å².